The van der Waals surface area contributed by atoms with Crippen molar-refractivity contribution in [2.24, 2.45) is 0 Å². The number of halogens is 9. The SMILES string of the molecule is CC(C)(C)[O][Al-]([O]C(C)(C)C(F)(F)F)[O]C(C)(C(F)(F)F)C(F)(F)F. The lowest BCUT2D eigenvalue weighted by Gasteiger charge is -2.48. The Balaban J connectivity index is 5.86. The molecule has 0 heterocycles. The van der Waals surface area contributed by atoms with Gasteiger partial charge in [0, 0.05) is 5.60 Å². The molecule has 151 valence electrons. The van der Waals surface area contributed by atoms with Crippen LogP contribution in [0.1, 0.15) is 41.5 Å². The van der Waals surface area contributed by atoms with Gasteiger partial charge in [-0.1, -0.05) is 0 Å². The molecule has 0 spiro atoms. The summed E-state index contributed by atoms with van der Waals surface area (Å²) >= 11 is -4.57. The van der Waals surface area contributed by atoms with E-state index in [-0.39, 0.29) is 6.92 Å². The van der Waals surface area contributed by atoms with Crippen LogP contribution in [-0.2, 0) is 11.4 Å². The molecular weight excluding hydrogens is 390 g/mol. The van der Waals surface area contributed by atoms with Crippen molar-refractivity contribution in [2.45, 2.75) is 76.9 Å². The maximum atomic E-state index is 12.9. The zero-order chi connectivity index (χ0) is 20.7. The van der Waals surface area contributed by atoms with E-state index < -0.39 is 50.5 Å². The van der Waals surface area contributed by atoms with Gasteiger partial charge in [0.2, 0.25) is 5.60 Å². The summed E-state index contributed by atoms with van der Waals surface area (Å²) in [6.07, 6.45) is -17.0. The van der Waals surface area contributed by atoms with Gasteiger partial charge in [0.1, 0.15) is 5.60 Å². The van der Waals surface area contributed by atoms with Crippen molar-refractivity contribution >= 4 is 15.1 Å². The van der Waals surface area contributed by atoms with E-state index in [2.05, 4.69) is 7.58 Å². The molecule has 0 unspecified atom stereocenters. The molecular formula is C12H18AlF9O3-. The van der Waals surface area contributed by atoms with Crippen molar-refractivity contribution in [1.29, 1.82) is 0 Å². The number of hydrogen-bond donors (Lipinski definition) is 0. The summed E-state index contributed by atoms with van der Waals surface area (Å²) in [5.41, 5.74) is -9.23. The van der Waals surface area contributed by atoms with Crippen molar-refractivity contribution in [3.8, 4) is 0 Å². The van der Waals surface area contributed by atoms with E-state index in [9.17, 15) is 39.5 Å². The molecule has 13 heteroatoms. The third-order valence-electron chi connectivity index (χ3n) is 2.94. The Hall–Kier alpha value is -0.218. The lowest BCUT2D eigenvalue weighted by molar-refractivity contribution is -0.361. The number of alkyl halides is 9. The molecule has 0 saturated heterocycles. The average molecular weight is 408 g/mol. The normalized spacial score (nSPS) is 15.8. The second-order valence-corrected chi connectivity index (χ2v) is 8.08. The Labute approximate surface area is 143 Å². The highest BCUT2D eigenvalue weighted by Crippen LogP contribution is 2.46. The first-order chi connectivity index (χ1) is 10.5. The lowest BCUT2D eigenvalue weighted by Crippen LogP contribution is -2.61. The molecule has 0 aliphatic heterocycles. The largest absolute Gasteiger partial charge is 0.630 e. The molecule has 0 bridgehead atoms. The molecule has 25 heavy (non-hydrogen) atoms. The Morgan fingerprint density at radius 1 is 0.520 bits per heavy atom. The highest BCUT2D eigenvalue weighted by Gasteiger charge is 2.67. The van der Waals surface area contributed by atoms with Crippen LogP contribution in [0, 0.1) is 0 Å². The summed E-state index contributed by atoms with van der Waals surface area (Å²) in [5.74, 6) is 0. The van der Waals surface area contributed by atoms with Crippen molar-refractivity contribution in [3.63, 3.8) is 0 Å². The molecule has 0 amide bonds. The first-order valence-corrected chi connectivity index (χ1v) is 8.18. The van der Waals surface area contributed by atoms with E-state index >= 15 is 0 Å². The van der Waals surface area contributed by atoms with Crippen molar-refractivity contribution in [1.82, 2.24) is 0 Å². The zero-order valence-electron chi connectivity index (χ0n) is 14.2. The fourth-order valence-electron chi connectivity index (χ4n) is 1.16. The van der Waals surface area contributed by atoms with Crippen molar-refractivity contribution < 1.29 is 50.9 Å². The van der Waals surface area contributed by atoms with Crippen molar-refractivity contribution in [2.75, 3.05) is 0 Å². The van der Waals surface area contributed by atoms with Crippen LogP contribution < -0.4 is 0 Å². The van der Waals surface area contributed by atoms with Crippen LogP contribution >= 0.6 is 0 Å². The van der Waals surface area contributed by atoms with Crippen LogP contribution in [0.15, 0.2) is 0 Å². The quantitative estimate of drug-likeness (QED) is 0.471. The van der Waals surface area contributed by atoms with E-state index in [1.54, 1.807) is 0 Å². The third-order valence-corrected chi connectivity index (χ3v) is 5.28. The minimum atomic E-state index is -5.95. The standard InChI is InChI=1S/C4H3F6O.C4H6F3O.C4H9O.Al/c1-2(11,3(5,6)7)4(8,9)10;1-3(2,8)4(5,6)7;1-4(2,3)5;/h1H3;1-2H3;1-3H3;/q3*-1;+2. The molecule has 0 fully saturated rings. The molecule has 0 aromatic rings. The van der Waals surface area contributed by atoms with Crippen LogP contribution in [0.2, 0.25) is 0 Å². The molecule has 0 aliphatic carbocycles. The van der Waals surface area contributed by atoms with Gasteiger partial charge < -0.3 is 11.4 Å². The van der Waals surface area contributed by atoms with Crippen LogP contribution in [0.25, 0.3) is 0 Å². The van der Waals surface area contributed by atoms with Gasteiger partial charge >= 0.3 is 33.7 Å². The molecule has 0 atom stereocenters. The van der Waals surface area contributed by atoms with Gasteiger partial charge in [0.15, 0.2) is 0 Å². The average Bonchev–Trinajstić information content (AvgIpc) is 2.20. The fraction of sp³-hybridized carbons (Fsp3) is 1.00. The zero-order valence-corrected chi connectivity index (χ0v) is 15.4. The minimum Gasteiger partial charge on any atom is -0.630 e. The summed E-state index contributed by atoms with van der Waals surface area (Å²) in [6.45, 7) is 4.22. The summed E-state index contributed by atoms with van der Waals surface area (Å²) in [5, 5.41) is 0. The molecule has 1 radical (unpaired) electrons. The van der Waals surface area contributed by atoms with Crippen LogP contribution in [0.5, 0.6) is 0 Å². The van der Waals surface area contributed by atoms with Gasteiger partial charge in [0.05, 0.1) is 0 Å². The second kappa shape index (κ2) is 7.07. The van der Waals surface area contributed by atoms with Crippen LogP contribution in [0.3, 0.4) is 0 Å². The predicted molar refractivity (Wildman–Crippen MR) is 69.4 cm³/mol. The number of rotatable bonds is 5. The highest BCUT2D eigenvalue weighted by molar-refractivity contribution is 6.37. The number of hydrogen-bond acceptors (Lipinski definition) is 3. The molecule has 0 aromatic heterocycles. The lowest BCUT2D eigenvalue weighted by atomic mass is 10.1. The summed E-state index contributed by atoms with van der Waals surface area (Å²) < 4.78 is 129. The Kier molecular flexibility index (Phi) is 7.01. The van der Waals surface area contributed by atoms with Crippen LogP contribution in [-0.4, -0.2) is 50.5 Å². The van der Waals surface area contributed by atoms with Gasteiger partial charge in [0.25, 0.3) is 0 Å². The van der Waals surface area contributed by atoms with E-state index in [1.807, 2.05) is 0 Å². The molecule has 0 saturated carbocycles. The third kappa shape index (κ3) is 6.46. The Morgan fingerprint density at radius 3 is 1.12 bits per heavy atom. The fourth-order valence-corrected chi connectivity index (χ4v) is 3.14. The first kappa shape index (κ1) is 24.8. The summed E-state index contributed by atoms with van der Waals surface area (Å²) in [6, 6.07) is 0. The highest BCUT2D eigenvalue weighted by atomic mass is 27.3. The van der Waals surface area contributed by atoms with Crippen molar-refractivity contribution in [3.05, 3.63) is 0 Å². The maximum Gasteiger partial charge on any atom is 0.560 e. The summed E-state index contributed by atoms with van der Waals surface area (Å²) in [4.78, 5) is 0. The van der Waals surface area contributed by atoms with Gasteiger partial charge in [-0.2, -0.15) is 39.5 Å². The Morgan fingerprint density at radius 2 is 0.880 bits per heavy atom. The molecule has 0 rings (SSSR count). The van der Waals surface area contributed by atoms with E-state index in [0.29, 0.717) is 13.8 Å². The van der Waals surface area contributed by atoms with Crippen LogP contribution in [0.4, 0.5) is 39.5 Å². The smallest absolute Gasteiger partial charge is 0.560 e. The monoisotopic (exact) mass is 408 g/mol. The van der Waals surface area contributed by atoms with E-state index in [1.165, 1.54) is 20.8 Å². The van der Waals surface area contributed by atoms with E-state index in [4.69, 9.17) is 3.79 Å². The molecule has 0 aliphatic rings. The molecule has 0 N–H and O–H groups in total. The predicted octanol–water partition coefficient (Wildman–Crippen LogP) is 5.04. The minimum absolute atomic E-state index is 0.330. The topological polar surface area (TPSA) is 27.7 Å². The maximum absolute atomic E-state index is 12.9. The van der Waals surface area contributed by atoms with E-state index in [0.717, 1.165) is 0 Å². The first-order valence-electron chi connectivity index (χ1n) is 6.77. The second-order valence-electron chi connectivity index (χ2n) is 6.79. The Bertz CT molecular complexity index is 435. The molecule has 0 aromatic carbocycles. The van der Waals surface area contributed by atoms with Gasteiger partial charge in [-0.25, -0.2) is 0 Å². The van der Waals surface area contributed by atoms with Gasteiger partial charge in [-0.3, -0.25) is 0 Å². The molecule has 3 nitrogen and oxygen atoms in total. The van der Waals surface area contributed by atoms with Gasteiger partial charge in [-0.15, -0.1) is 0 Å². The summed E-state index contributed by atoms with van der Waals surface area (Å²) in [7, 11) is 0. The van der Waals surface area contributed by atoms with Gasteiger partial charge in [-0.05, 0) is 41.5 Å².